The highest BCUT2D eigenvalue weighted by molar-refractivity contribution is 7.93. The van der Waals surface area contributed by atoms with E-state index in [0.717, 1.165) is 24.3 Å². The van der Waals surface area contributed by atoms with Gasteiger partial charge in [0.05, 0.1) is 16.5 Å². The van der Waals surface area contributed by atoms with Gasteiger partial charge in [0.1, 0.15) is 23.4 Å². The summed E-state index contributed by atoms with van der Waals surface area (Å²) in [5.74, 6) is -5.54. The third kappa shape index (κ3) is 3.51. The van der Waals surface area contributed by atoms with Crippen molar-refractivity contribution in [3.63, 3.8) is 0 Å². The highest BCUT2D eigenvalue weighted by Crippen LogP contribution is 2.51. The number of alkyl halides is 5. The molecule has 0 heterocycles. The van der Waals surface area contributed by atoms with Crippen LogP contribution in [0.1, 0.15) is 22.8 Å². The Morgan fingerprint density at radius 2 is 1.93 bits per heavy atom. The predicted octanol–water partition coefficient (Wildman–Crippen LogP) is 4.64. The summed E-state index contributed by atoms with van der Waals surface area (Å²) >= 11 is 0. The Bertz CT molecular complexity index is 1140. The summed E-state index contributed by atoms with van der Waals surface area (Å²) in [5, 5.41) is 18.7. The van der Waals surface area contributed by atoms with Gasteiger partial charge in [0.15, 0.2) is 9.73 Å². The van der Waals surface area contributed by atoms with Gasteiger partial charge in [0, 0.05) is 23.6 Å². The smallest absolute Gasteiger partial charge is 0.457 e. The molecule has 154 valence electrons. The Hall–Kier alpha value is -2.78. The summed E-state index contributed by atoms with van der Waals surface area (Å²) in [6.45, 7) is 0. The van der Waals surface area contributed by atoms with Crippen molar-refractivity contribution in [2.24, 2.45) is 0 Å². The van der Waals surface area contributed by atoms with Gasteiger partial charge in [-0.1, -0.05) is 0 Å². The van der Waals surface area contributed by atoms with Gasteiger partial charge in [-0.2, -0.15) is 18.4 Å². The fourth-order valence-electron chi connectivity index (χ4n) is 2.93. The Kier molecular flexibility index (Phi) is 4.79. The molecule has 29 heavy (non-hydrogen) atoms. The van der Waals surface area contributed by atoms with Crippen LogP contribution in [0.3, 0.4) is 0 Å². The number of benzene rings is 2. The van der Waals surface area contributed by atoms with Crippen molar-refractivity contribution in [2.45, 2.75) is 28.9 Å². The molecule has 0 bridgehead atoms. The van der Waals surface area contributed by atoms with E-state index in [1.165, 1.54) is 0 Å². The van der Waals surface area contributed by atoms with E-state index >= 15 is 0 Å². The van der Waals surface area contributed by atoms with Gasteiger partial charge in [-0.15, -0.1) is 0 Å². The zero-order valence-corrected chi connectivity index (χ0v) is 14.9. The summed E-state index contributed by atoms with van der Waals surface area (Å²) in [7, 11) is -5.54. The molecule has 0 spiro atoms. The topological polar surface area (TPSA) is 94.2 Å². The van der Waals surface area contributed by atoms with E-state index in [0.29, 0.717) is 6.07 Å². The van der Waals surface area contributed by atoms with Gasteiger partial charge >= 0.3 is 5.51 Å². The van der Waals surface area contributed by atoms with E-state index in [9.17, 15) is 35.7 Å². The largest absolute Gasteiger partial charge is 0.483 e. The van der Waals surface area contributed by atoms with Crippen LogP contribution in [-0.2, 0) is 16.1 Å². The normalized spacial score (nSPS) is 19.9. The summed E-state index contributed by atoms with van der Waals surface area (Å²) < 4.78 is 105. The second kappa shape index (κ2) is 6.64. The number of halogens is 6. The number of hydrogen-bond donors (Lipinski definition) is 2. The van der Waals surface area contributed by atoms with Crippen molar-refractivity contribution >= 4 is 9.73 Å². The first-order valence-corrected chi connectivity index (χ1v) is 9.29. The number of rotatable bonds is 3. The lowest BCUT2D eigenvalue weighted by Gasteiger charge is -2.19. The maximum Gasteiger partial charge on any atom is 0.483 e. The number of nitrogens with one attached hydrogen (secondary N) is 1. The minimum Gasteiger partial charge on any atom is -0.457 e. The van der Waals surface area contributed by atoms with Gasteiger partial charge in [0.25, 0.3) is 5.92 Å². The number of fused-ring (bicyclic) bond motifs is 1. The number of ether oxygens (including phenoxy) is 1. The first-order chi connectivity index (χ1) is 13.3. The molecule has 0 fully saturated rings. The van der Waals surface area contributed by atoms with Crippen molar-refractivity contribution < 1.29 is 40.4 Å². The van der Waals surface area contributed by atoms with E-state index < -0.39 is 61.3 Å². The van der Waals surface area contributed by atoms with Crippen molar-refractivity contribution in [1.29, 1.82) is 10.0 Å². The Morgan fingerprint density at radius 1 is 1.28 bits per heavy atom. The number of hydrogen-bond acceptors (Lipinski definition) is 5. The average molecular weight is 436 g/mol. The zero-order chi connectivity index (χ0) is 21.8. The second-order valence-corrected chi connectivity index (χ2v) is 8.20. The van der Waals surface area contributed by atoms with Crippen molar-refractivity contribution in [3.8, 4) is 17.6 Å². The summed E-state index contributed by atoms with van der Waals surface area (Å²) in [6, 6.07) is 5.68. The first kappa shape index (κ1) is 20.9. The molecule has 2 aromatic rings. The zero-order valence-electron chi connectivity index (χ0n) is 14.1. The van der Waals surface area contributed by atoms with Gasteiger partial charge in [-0.3, -0.25) is 0 Å². The molecule has 2 aromatic carbocycles. The van der Waals surface area contributed by atoms with Gasteiger partial charge in [0.2, 0.25) is 0 Å². The summed E-state index contributed by atoms with van der Waals surface area (Å²) in [4.78, 5) is -1.30. The SMILES string of the molecule is N#Cc1cc(F)cc(Oc2ccc(S(=N)(=O)C(F)(F)F)c3c2CC(F)(F)C3O)c1. The Morgan fingerprint density at radius 3 is 2.52 bits per heavy atom. The van der Waals surface area contributed by atoms with Crippen LogP contribution in [-0.4, -0.2) is 20.7 Å². The van der Waals surface area contributed by atoms with Gasteiger partial charge < -0.3 is 9.84 Å². The molecule has 2 N–H and O–H groups in total. The number of aliphatic hydroxyl groups is 1. The lowest BCUT2D eigenvalue weighted by atomic mass is 10.1. The van der Waals surface area contributed by atoms with Crippen LogP contribution in [0.25, 0.3) is 0 Å². The molecule has 0 saturated heterocycles. The lowest BCUT2D eigenvalue weighted by molar-refractivity contribution is -0.0978. The van der Waals surface area contributed by atoms with Crippen molar-refractivity contribution in [3.05, 3.63) is 52.8 Å². The number of aliphatic hydroxyl groups excluding tert-OH is 1. The van der Waals surface area contributed by atoms with Crippen LogP contribution < -0.4 is 4.74 Å². The van der Waals surface area contributed by atoms with Crippen molar-refractivity contribution in [2.75, 3.05) is 0 Å². The monoisotopic (exact) mass is 436 g/mol. The van der Waals surface area contributed by atoms with Gasteiger partial charge in [-0.25, -0.2) is 22.2 Å². The van der Waals surface area contributed by atoms with Crippen LogP contribution in [0.2, 0.25) is 0 Å². The maximum atomic E-state index is 14.1. The Balaban J connectivity index is 2.19. The van der Waals surface area contributed by atoms with Crippen LogP contribution in [0, 0.1) is 21.9 Å². The molecule has 1 aliphatic carbocycles. The minimum atomic E-state index is -5.56. The van der Waals surface area contributed by atoms with Crippen LogP contribution >= 0.6 is 0 Å². The first-order valence-electron chi connectivity index (χ1n) is 7.73. The van der Waals surface area contributed by atoms with E-state index in [2.05, 4.69) is 0 Å². The third-order valence-corrected chi connectivity index (χ3v) is 5.85. The molecule has 1 aliphatic rings. The number of nitriles is 1. The molecule has 2 unspecified atom stereocenters. The lowest BCUT2D eigenvalue weighted by Crippen LogP contribution is -2.26. The Labute approximate surface area is 160 Å². The van der Waals surface area contributed by atoms with E-state index in [-0.39, 0.29) is 11.3 Å². The average Bonchev–Trinajstić information content (AvgIpc) is 2.84. The molecule has 3 rings (SSSR count). The highest BCUT2D eigenvalue weighted by atomic mass is 32.2. The standard InChI is InChI=1S/C17H10F6N2O3S/c18-9-3-8(7-24)4-10(5-9)28-12-1-2-13(29(25,27)17(21,22)23)14-11(12)6-16(19,20)15(14)26/h1-5,15,25-26H,6H2. The predicted molar refractivity (Wildman–Crippen MR) is 86.4 cm³/mol. The van der Waals surface area contributed by atoms with E-state index in [1.807, 2.05) is 0 Å². The van der Waals surface area contributed by atoms with E-state index in [1.54, 1.807) is 6.07 Å². The molecule has 0 aliphatic heterocycles. The molecular formula is C17H10F6N2O3S. The molecule has 0 amide bonds. The quantitative estimate of drug-likeness (QED) is 0.686. The highest BCUT2D eigenvalue weighted by Gasteiger charge is 2.53. The summed E-state index contributed by atoms with van der Waals surface area (Å²) in [5.41, 5.74) is -7.33. The molecule has 0 aromatic heterocycles. The molecular weight excluding hydrogens is 426 g/mol. The molecule has 0 saturated carbocycles. The molecule has 2 atom stereocenters. The molecule has 12 heteroatoms. The minimum absolute atomic E-state index is 0.162. The van der Waals surface area contributed by atoms with Crippen LogP contribution in [0.15, 0.2) is 35.2 Å². The van der Waals surface area contributed by atoms with Crippen molar-refractivity contribution in [1.82, 2.24) is 0 Å². The molecule has 0 radical (unpaired) electrons. The van der Waals surface area contributed by atoms with Gasteiger partial charge in [-0.05, 0) is 24.3 Å². The fourth-order valence-corrected chi connectivity index (χ4v) is 3.99. The summed E-state index contributed by atoms with van der Waals surface area (Å²) in [6.07, 6.45) is -3.99. The third-order valence-electron chi connectivity index (χ3n) is 4.22. The van der Waals surface area contributed by atoms with E-state index in [4.69, 9.17) is 14.8 Å². The van der Waals surface area contributed by atoms with Crippen LogP contribution in [0.4, 0.5) is 26.3 Å². The number of nitrogens with zero attached hydrogens (tertiary/aromatic N) is 1. The second-order valence-electron chi connectivity index (χ2n) is 6.19. The maximum absolute atomic E-state index is 14.1. The van der Waals surface area contributed by atoms with Crippen LogP contribution in [0.5, 0.6) is 11.5 Å². The molecule has 5 nitrogen and oxygen atoms in total. The fraction of sp³-hybridized carbons (Fsp3) is 0.235.